The maximum atomic E-state index is 12.6. The summed E-state index contributed by atoms with van der Waals surface area (Å²) < 4.78 is 5.03. The van der Waals surface area contributed by atoms with Crippen molar-refractivity contribution in [3.05, 3.63) is 51.7 Å². The highest BCUT2D eigenvalue weighted by Crippen LogP contribution is 2.30. The highest BCUT2D eigenvalue weighted by atomic mass is 32.1. The number of carbonyl (C=O) groups excluding carboxylic acids is 2. The first-order chi connectivity index (χ1) is 17.4. The molecule has 0 spiro atoms. The second-order valence-electron chi connectivity index (χ2n) is 9.51. The first-order valence-corrected chi connectivity index (χ1v) is 13.9. The van der Waals surface area contributed by atoms with Crippen LogP contribution in [0.2, 0.25) is 0 Å². The molecule has 1 aromatic heterocycles. The minimum atomic E-state index is -1.34. The van der Waals surface area contributed by atoms with E-state index in [1.165, 1.54) is 42.6 Å². The Labute approximate surface area is 217 Å². The zero-order valence-corrected chi connectivity index (χ0v) is 21.9. The van der Waals surface area contributed by atoms with Crippen molar-refractivity contribution in [1.82, 2.24) is 0 Å². The largest absolute Gasteiger partial charge is 0.459 e. The van der Waals surface area contributed by atoms with Crippen molar-refractivity contribution >= 4 is 28.9 Å². The maximum Gasteiger partial charge on any atom is 0.348 e. The van der Waals surface area contributed by atoms with Crippen LogP contribution in [0.5, 0.6) is 0 Å². The molecule has 36 heavy (non-hydrogen) atoms. The molecule has 1 aliphatic heterocycles. The van der Waals surface area contributed by atoms with Gasteiger partial charge in [-0.15, -0.1) is 11.3 Å². The van der Waals surface area contributed by atoms with Gasteiger partial charge in [0.05, 0.1) is 6.61 Å². The maximum absolute atomic E-state index is 12.6. The molecule has 1 fully saturated rings. The lowest BCUT2D eigenvalue weighted by Crippen LogP contribution is -2.34. The van der Waals surface area contributed by atoms with Gasteiger partial charge in [0.1, 0.15) is 23.7 Å². The Morgan fingerprint density at radius 2 is 1.83 bits per heavy atom. The number of amides is 1. The van der Waals surface area contributed by atoms with Gasteiger partial charge in [0, 0.05) is 23.0 Å². The predicted octanol–water partition coefficient (Wildman–Crippen LogP) is 4.26. The lowest BCUT2D eigenvalue weighted by molar-refractivity contribution is -0.117. The van der Waals surface area contributed by atoms with Crippen LogP contribution in [-0.2, 0) is 22.4 Å². The summed E-state index contributed by atoms with van der Waals surface area (Å²) in [6.07, 6.45) is 7.44. The fourth-order valence-electron chi connectivity index (χ4n) is 4.55. The number of hydrogen-bond acceptors (Lipinski definition) is 7. The van der Waals surface area contributed by atoms with Crippen molar-refractivity contribution in [2.45, 2.75) is 89.4 Å². The highest BCUT2D eigenvalue weighted by Gasteiger charge is 2.31. The van der Waals surface area contributed by atoms with Crippen molar-refractivity contribution in [1.29, 1.82) is 0 Å². The van der Waals surface area contributed by atoms with Gasteiger partial charge >= 0.3 is 5.97 Å². The first-order valence-electron chi connectivity index (χ1n) is 13.1. The number of rotatable bonds is 15. The van der Waals surface area contributed by atoms with E-state index in [1.54, 1.807) is 6.07 Å². The highest BCUT2D eigenvalue weighted by molar-refractivity contribution is 7.13. The quantitative estimate of drug-likeness (QED) is 0.241. The Kier molecular flexibility index (Phi) is 11.4. The van der Waals surface area contributed by atoms with E-state index in [-0.39, 0.29) is 18.6 Å². The number of thiophene rings is 1. The fourth-order valence-corrected chi connectivity index (χ4v) is 5.49. The standard InChI is InChI=1S/C28H39NO6S/c1-2-3-4-5-7-20-10-12-22(13-11-20)29-21(14-17-27(29)33)8-6-9-23-15-16-26(36-23)28(34)35-19-25(32)24(31)18-30/h10-13,15-16,21,24-25,30-32H,2-9,14,17-19H2,1H3/t21-,24+,25-/m0/s1. The van der Waals surface area contributed by atoms with Crippen LogP contribution in [0, 0.1) is 0 Å². The van der Waals surface area contributed by atoms with Crippen molar-refractivity contribution in [2.75, 3.05) is 18.1 Å². The third-order valence-corrected chi connectivity index (χ3v) is 7.82. The average Bonchev–Trinajstić information content (AvgIpc) is 3.51. The van der Waals surface area contributed by atoms with Crippen molar-refractivity contribution in [3.63, 3.8) is 0 Å². The zero-order chi connectivity index (χ0) is 25.9. The molecular weight excluding hydrogens is 478 g/mol. The molecule has 2 heterocycles. The van der Waals surface area contributed by atoms with Crippen molar-refractivity contribution in [2.24, 2.45) is 0 Å². The molecule has 1 amide bonds. The molecule has 1 aromatic carbocycles. The number of ether oxygens (including phenoxy) is 1. The van der Waals surface area contributed by atoms with E-state index < -0.39 is 24.8 Å². The van der Waals surface area contributed by atoms with Crippen LogP contribution in [0.4, 0.5) is 5.69 Å². The molecule has 0 aliphatic carbocycles. The summed E-state index contributed by atoms with van der Waals surface area (Å²) in [7, 11) is 0. The van der Waals surface area contributed by atoms with E-state index in [0.717, 1.165) is 42.7 Å². The Morgan fingerprint density at radius 1 is 1.06 bits per heavy atom. The number of esters is 1. The van der Waals surface area contributed by atoms with Gasteiger partial charge in [-0.25, -0.2) is 4.79 Å². The van der Waals surface area contributed by atoms with Gasteiger partial charge in [-0.2, -0.15) is 0 Å². The molecule has 2 aromatic rings. The molecule has 3 rings (SSSR count). The molecule has 3 N–H and O–H groups in total. The van der Waals surface area contributed by atoms with Gasteiger partial charge in [-0.05, 0) is 68.4 Å². The summed E-state index contributed by atoms with van der Waals surface area (Å²) >= 11 is 1.35. The summed E-state index contributed by atoms with van der Waals surface area (Å²) in [4.78, 5) is 28.3. The minimum absolute atomic E-state index is 0.186. The van der Waals surface area contributed by atoms with Gasteiger partial charge < -0.3 is 25.0 Å². The van der Waals surface area contributed by atoms with Crippen LogP contribution in [-0.4, -0.2) is 58.7 Å². The van der Waals surface area contributed by atoms with Crippen molar-refractivity contribution in [3.8, 4) is 0 Å². The van der Waals surface area contributed by atoms with Crippen molar-refractivity contribution < 1.29 is 29.6 Å². The topological polar surface area (TPSA) is 107 Å². The van der Waals surface area contributed by atoms with Crippen LogP contribution in [0.15, 0.2) is 36.4 Å². The van der Waals surface area contributed by atoms with Gasteiger partial charge in [-0.3, -0.25) is 4.79 Å². The Hall–Kier alpha value is -2.26. The number of carbonyl (C=O) groups is 2. The lowest BCUT2D eigenvalue weighted by Gasteiger charge is -2.25. The molecular formula is C28H39NO6S. The van der Waals surface area contributed by atoms with E-state index in [0.29, 0.717) is 11.3 Å². The number of unbranched alkanes of at least 4 members (excludes halogenated alkanes) is 3. The van der Waals surface area contributed by atoms with Crippen LogP contribution in [0.25, 0.3) is 0 Å². The average molecular weight is 518 g/mol. The number of anilines is 1. The third kappa shape index (κ3) is 8.13. The molecule has 0 unspecified atom stereocenters. The monoisotopic (exact) mass is 517 g/mol. The predicted molar refractivity (Wildman–Crippen MR) is 141 cm³/mol. The smallest absolute Gasteiger partial charge is 0.348 e. The first kappa shape index (κ1) is 28.3. The summed E-state index contributed by atoms with van der Waals surface area (Å²) in [5.41, 5.74) is 2.30. The number of aliphatic hydroxyl groups is 3. The molecule has 3 atom stereocenters. The van der Waals surface area contributed by atoms with Gasteiger partial charge in [-0.1, -0.05) is 38.3 Å². The van der Waals surface area contributed by atoms with E-state index in [4.69, 9.17) is 9.84 Å². The Balaban J connectivity index is 1.46. The van der Waals surface area contributed by atoms with Crippen LogP contribution in [0.1, 0.15) is 78.4 Å². The lowest BCUT2D eigenvalue weighted by atomic mass is 10.0. The van der Waals surface area contributed by atoms with E-state index >= 15 is 0 Å². The van der Waals surface area contributed by atoms with Crippen LogP contribution < -0.4 is 4.90 Å². The third-order valence-electron chi connectivity index (χ3n) is 6.70. The number of aliphatic hydroxyl groups excluding tert-OH is 3. The fraction of sp³-hybridized carbons (Fsp3) is 0.571. The van der Waals surface area contributed by atoms with Crippen LogP contribution in [0.3, 0.4) is 0 Å². The SMILES string of the molecule is CCCCCCc1ccc(N2C(=O)CC[C@@H]2CCCc2ccc(C(=O)OC[C@H](O)[C@H](O)CO)s2)cc1. The zero-order valence-electron chi connectivity index (χ0n) is 21.1. The summed E-state index contributed by atoms with van der Waals surface area (Å²) in [6.45, 7) is 1.24. The van der Waals surface area contributed by atoms with E-state index in [1.807, 2.05) is 11.0 Å². The van der Waals surface area contributed by atoms with E-state index in [2.05, 4.69) is 31.2 Å². The molecule has 0 bridgehead atoms. The number of hydrogen-bond donors (Lipinski definition) is 3. The number of benzene rings is 1. The van der Waals surface area contributed by atoms with E-state index in [9.17, 15) is 19.8 Å². The molecule has 1 aliphatic rings. The molecule has 198 valence electrons. The molecule has 1 saturated heterocycles. The Bertz CT molecular complexity index is 959. The second kappa shape index (κ2) is 14.5. The summed E-state index contributed by atoms with van der Waals surface area (Å²) in [5, 5.41) is 27.8. The summed E-state index contributed by atoms with van der Waals surface area (Å²) in [6, 6.07) is 12.3. The van der Waals surface area contributed by atoms with Gasteiger partial charge in [0.25, 0.3) is 0 Å². The molecule has 0 radical (unpaired) electrons. The molecule has 7 nitrogen and oxygen atoms in total. The normalized spacial score (nSPS) is 17.4. The number of aryl methyl sites for hydroxylation is 2. The second-order valence-corrected chi connectivity index (χ2v) is 10.7. The van der Waals surface area contributed by atoms with Crippen LogP contribution >= 0.6 is 11.3 Å². The van der Waals surface area contributed by atoms with Gasteiger partial charge in [0.15, 0.2) is 0 Å². The summed E-state index contributed by atoms with van der Waals surface area (Å²) in [5.74, 6) is -0.373. The molecule has 0 saturated carbocycles. The minimum Gasteiger partial charge on any atom is -0.459 e. The molecule has 8 heteroatoms. The van der Waals surface area contributed by atoms with Gasteiger partial charge in [0.2, 0.25) is 5.91 Å². The Morgan fingerprint density at radius 3 is 2.56 bits per heavy atom. The number of nitrogens with zero attached hydrogens (tertiary/aromatic N) is 1.